The third-order valence-electron chi connectivity index (χ3n) is 3.58. The van der Waals surface area contributed by atoms with Crippen LogP contribution in [0.2, 0.25) is 0 Å². The number of carbonyl (C=O) groups is 1. The fraction of sp³-hybridized carbons (Fsp3) is 0.923. The van der Waals surface area contributed by atoms with Gasteiger partial charge >= 0.3 is 0 Å². The molecule has 1 aliphatic rings. The summed E-state index contributed by atoms with van der Waals surface area (Å²) in [5, 5.41) is 3.44. The highest BCUT2D eigenvalue weighted by Crippen LogP contribution is 2.20. The first-order chi connectivity index (χ1) is 8.15. The molecule has 1 heterocycles. The molecule has 1 aliphatic heterocycles. The summed E-state index contributed by atoms with van der Waals surface area (Å²) in [6.07, 6.45) is 2.16. The third-order valence-corrected chi connectivity index (χ3v) is 3.58. The highest BCUT2D eigenvalue weighted by molar-refractivity contribution is 5.84. The lowest BCUT2D eigenvalue weighted by atomic mass is 9.99. The van der Waals surface area contributed by atoms with Crippen LogP contribution < -0.4 is 5.32 Å². The lowest BCUT2D eigenvalue weighted by Gasteiger charge is -2.22. The Bertz CT molecular complexity index is 246. The maximum atomic E-state index is 12.3. The van der Waals surface area contributed by atoms with Crippen LogP contribution in [0.4, 0.5) is 0 Å². The summed E-state index contributed by atoms with van der Waals surface area (Å²) in [7, 11) is 0. The zero-order valence-corrected chi connectivity index (χ0v) is 11.5. The Morgan fingerprint density at radius 3 is 2.65 bits per heavy atom. The quantitative estimate of drug-likeness (QED) is 0.690. The van der Waals surface area contributed by atoms with Crippen molar-refractivity contribution >= 4 is 5.91 Å². The average Bonchev–Trinajstić information content (AvgIpc) is 2.66. The first kappa shape index (κ1) is 14.5. The molecule has 1 N–H and O–H groups in total. The molecular formula is C13H26N2O2. The van der Waals surface area contributed by atoms with Gasteiger partial charge in [-0.3, -0.25) is 10.1 Å². The number of ether oxygens (including phenoxy) is 1. The second kappa shape index (κ2) is 6.97. The van der Waals surface area contributed by atoms with Gasteiger partial charge in [-0.1, -0.05) is 27.2 Å². The summed E-state index contributed by atoms with van der Waals surface area (Å²) in [5.41, 5.74) is 0. The molecule has 1 rings (SSSR count). The van der Waals surface area contributed by atoms with Crippen molar-refractivity contribution in [1.29, 1.82) is 0 Å². The monoisotopic (exact) mass is 242 g/mol. The average molecular weight is 242 g/mol. The van der Waals surface area contributed by atoms with E-state index in [1.165, 1.54) is 0 Å². The lowest BCUT2D eigenvalue weighted by Crippen LogP contribution is -2.38. The van der Waals surface area contributed by atoms with E-state index in [0.29, 0.717) is 25.7 Å². The molecule has 1 fully saturated rings. The largest absolute Gasteiger partial charge is 0.380 e. The van der Waals surface area contributed by atoms with Crippen LogP contribution in [0.5, 0.6) is 0 Å². The van der Waals surface area contributed by atoms with Crippen LogP contribution in [-0.4, -0.2) is 42.8 Å². The molecule has 0 saturated carbocycles. The van der Waals surface area contributed by atoms with Crippen LogP contribution in [0.3, 0.4) is 0 Å². The van der Waals surface area contributed by atoms with Crippen LogP contribution in [0.15, 0.2) is 0 Å². The molecule has 17 heavy (non-hydrogen) atoms. The second-order valence-electron chi connectivity index (χ2n) is 4.68. The van der Waals surface area contributed by atoms with Gasteiger partial charge in [-0.15, -0.1) is 0 Å². The molecule has 4 nitrogen and oxygen atoms in total. The van der Waals surface area contributed by atoms with Gasteiger partial charge in [0.2, 0.25) is 5.91 Å². The molecule has 0 aromatic carbocycles. The first-order valence-electron chi connectivity index (χ1n) is 6.79. The highest BCUT2D eigenvalue weighted by Gasteiger charge is 2.39. The first-order valence-corrected chi connectivity index (χ1v) is 6.79. The number of nitrogens with zero attached hydrogens (tertiary/aromatic N) is 1. The van der Waals surface area contributed by atoms with Crippen molar-refractivity contribution < 1.29 is 9.53 Å². The summed E-state index contributed by atoms with van der Waals surface area (Å²) in [5.74, 6) is 0.638. The number of carbonyl (C=O) groups excluding carboxylic acids is 1. The fourth-order valence-corrected chi connectivity index (χ4v) is 2.26. The SMILES string of the molecule is CCOCCN1C(=O)C(C(C)CC)NC1CC. The molecule has 4 heteroatoms. The summed E-state index contributed by atoms with van der Waals surface area (Å²) < 4.78 is 5.34. The molecule has 0 bridgehead atoms. The maximum absolute atomic E-state index is 12.3. The molecule has 3 unspecified atom stereocenters. The van der Waals surface area contributed by atoms with E-state index in [4.69, 9.17) is 4.74 Å². The number of hydrogen-bond acceptors (Lipinski definition) is 3. The molecule has 0 spiro atoms. The van der Waals surface area contributed by atoms with Gasteiger partial charge < -0.3 is 9.64 Å². The minimum Gasteiger partial charge on any atom is -0.380 e. The van der Waals surface area contributed by atoms with Crippen LogP contribution in [0.1, 0.15) is 40.5 Å². The van der Waals surface area contributed by atoms with Crippen molar-refractivity contribution in [2.45, 2.75) is 52.7 Å². The summed E-state index contributed by atoms with van der Waals surface area (Å²) >= 11 is 0. The van der Waals surface area contributed by atoms with Crippen LogP contribution >= 0.6 is 0 Å². The predicted octanol–water partition coefficient (Wildman–Crippen LogP) is 1.61. The van der Waals surface area contributed by atoms with Gasteiger partial charge in [0.05, 0.1) is 18.8 Å². The summed E-state index contributed by atoms with van der Waals surface area (Å²) in [4.78, 5) is 14.2. The predicted molar refractivity (Wildman–Crippen MR) is 68.7 cm³/mol. The van der Waals surface area contributed by atoms with Crippen molar-refractivity contribution in [2.24, 2.45) is 5.92 Å². The Labute approximate surface area is 105 Å². The number of amides is 1. The van der Waals surface area contributed by atoms with E-state index in [0.717, 1.165) is 12.8 Å². The van der Waals surface area contributed by atoms with Gasteiger partial charge in [0.15, 0.2) is 0 Å². The lowest BCUT2D eigenvalue weighted by molar-refractivity contribution is -0.131. The number of hydrogen-bond donors (Lipinski definition) is 1. The zero-order chi connectivity index (χ0) is 12.8. The van der Waals surface area contributed by atoms with Crippen molar-refractivity contribution in [3.63, 3.8) is 0 Å². The van der Waals surface area contributed by atoms with Crippen LogP contribution in [0.25, 0.3) is 0 Å². The third kappa shape index (κ3) is 3.42. The minimum atomic E-state index is -0.00780. The van der Waals surface area contributed by atoms with E-state index in [1.54, 1.807) is 0 Å². The van der Waals surface area contributed by atoms with Gasteiger partial charge in [-0.25, -0.2) is 0 Å². The molecule has 0 aromatic rings. The molecule has 1 saturated heterocycles. The highest BCUT2D eigenvalue weighted by atomic mass is 16.5. The van der Waals surface area contributed by atoms with E-state index < -0.39 is 0 Å². The Hall–Kier alpha value is -0.610. The van der Waals surface area contributed by atoms with Gasteiger partial charge in [-0.2, -0.15) is 0 Å². The van der Waals surface area contributed by atoms with Gasteiger partial charge in [0, 0.05) is 13.2 Å². The Morgan fingerprint density at radius 2 is 2.12 bits per heavy atom. The topological polar surface area (TPSA) is 41.6 Å². The van der Waals surface area contributed by atoms with Crippen molar-refractivity contribution in [3.8, 4) is 0 Å². The molecule has 0 radical (unpaired) electrons. The van der Waals surface area contributed by atoms with Crippen LogP contribution in [0, 0.1) is 5.92 Å². The Morgan fingerprint density at radius 1 is 1.41 bits per heavy atom. The molecule has 100 valence electrons. The molecule has 3 atom stereocenters. The Kier molecular flexibility index (Phi) is 5.92. The molecular weight excluding hydrogens is 216 g/mol. The normalized spacial score (nSPS) is 26.6. The summed E-state index contributed by atoms with van der Waals surface area (Å²) in [6, 6.07) is -0.00780. The maximum Gasteiger partial charge on any atom is 0.241 e. The van der Waals surface area contributed by atoms with E-state index in [9.17, 15) is 4.79 Å². The van der Waals surface area contributed by atoms with E-state index in [1.807, 2.05) is 11.8 Å². The van der Waals surface area contributed by atoms with Crippen molar-refractivity contribution in [1.82, 2.24) is 10.2 Å². The Balaban J connectivity index is 2.58. The van der Waals surface area contributed by atoms with Crippen molar-refractivity contribution in [3.05, 3.63) is 0 Å². The summed E-state index contributed by atoms with van der Waals surface area (Å²) in [6.45, 7) is 10.4. The fourth-order valence-electron chi connectivity index (χ4n) is 2.26. The number of nitrogens with one attached hydrogen (secondary N) is 1. The minimum absolute atomic E-state index is 0.00780. The molecule has 0 aromatic heterocycles. The second-order valence-corrected chi connectivity index (χ2v) is 4.68. The zero-order valence-electron chi connectivity index (χ0n) is 11.5. The van der Waals surface area contributed by atoms with Crippen molar-refractivity contribution in [2.75, 3.05) is 19.8 Å². The van der Waals surface area contributed by atoms with E-state index >= 15 is 0 Å². The smallest absolute Gasteiger partial charge is 0.241 e. The van der Waals surface area contributed by atoms with Gasteiger partial charge in [0.1, 0.15) is 0 Å². The molecule has 1 amide bonds. The van der Waals surface area contributed by atoms with Crippen LogP contribution in [-0.2, 0) is 9.53 Å². The van der Waals surface area contributed by atoms with E-state index in [2.05, 4.69) is 26.1 Å². The van der Waals surface area contributed by atoms with Gasteiger partial charge in [-0.05, 0) is 19.3 Å². The van der Waals surface area contributed by atoms with E-state index in [-0.39, 0.29) is 18.1 Å². The van der Waals surface area contributed by atoms with Gasteiger partial charge in [0.25, 0.3) is 0 Å². The standard InChI is InChI=1S/C13H26N2O2/c1-5-10(4)12-13(16)15(8-9-17-7-3)11(6-2)14-12/h10-12,14H,5-9H2,1-4H3. The number of rotatable bonds is 7. The molecule has 0 aliphatic carbocycles.